The van der Waals surface area contributed by atoms with E-state index >= 15 is 0 Å². The molecular formula is C15H23NOSi. The predicted octanol–water partition coefficient (Wildman–Crippen LogP) is 2.84. The van der Waals surface area contributed by atoms with Gasteiger partial charge in [-0.2, -0.15) is 0 Å². The molecule has 0 aromatic heterocycles. The molecule has 98 valence electrons. The average molecular weight is 261 g/mol. The number of benzene rings is 1. The molecule has 0 saturated carbocycles. The Morgan fingerprint density at radius 3 is 2.67 bits per heavy atom. The van der Waals surface area contributed by atoms with Gasteiger partial charge in [-0.25, -0.2) is 0 Å². The third kappa shape index (κ3) is 6.54. The molecule has 0 aliphatic heterocycles. The second kappa shape index (κ2) is 8.86. The molecule has 1 unspecified atom stereocenters. The van der Waals surface area contributed by atoms with Gasteiger partial charge < -0.3 is 9.74 Å². The molecule has 3 heteroatoms. The quantitative estimate of drug-likeness (QED) is 0.574. The summed E-state index contributed by atoms with van der Waals surface area (Å²) in [7, 11) is -0.937. The van der Waals surface area contributed by atoms with Crippen molar-refractivity contribution in [3.05, 3.63) is 54.6 Å². The van der Waals surface area contributed by atoms with Crippen LogP contribution in [-0.2, 0) is 4.43 Å². The molecule has 1 atom stereocenters. The molecule has 2 nitrogen and oxygen atoms in total. The molecule has 0 radical (unpaired) electrons. The summed E-state index contributed by atoms with van der Waals surface area (Å²) in [6.07, 6.45) is 6.15. The fraction of sp³-hybridized carbons (Fsp3) is 0.333. The van der Waals surface area contributed by atoms with Crippen LogP contribution in [0.4, 0.5) is 0 Å². The molecule has 0 spiro atoms. The van der Waals surface area contributed by atoms with Crippen LogP contribution in [0.1, 0.15) is 5.56 Å². The topological polar surface area (TPSA) is 21.3 Å². The lowest BCUT2D eigenvalue weighted by Gasteiger charge is -2.15. The lowest BCUT2D eigenvalue weighted by Crippen LogP contribution is -2.33. The molecule has 18 heavy (non-hydrogen) atoms. The Hall–Kier alpha value is -1.16. The lowest BCUT2D eigenvalue weighted by molar-refractivity contribution is 0.296. The molecule has 1 N–H and O–H groups in total. The predicted molar refractivity (Wildman–Crippen MR) is 82.3 cm³/mol. The van der Waals surface area contributed by atoms with E-state index in [1.54, 1.807) is 0 Å². The first-order valence-electron chi connectivity index (χ1n) is 6.41. The van der Waals surface area contributed by atoms with Gasteiger partial charge in [-0.05, 0) is 18.7 Å². The Morgan fingerprint density at radius 2 is 2.06 bits per heavy atom. The number of hydrogen-bond acceptors (Lipinski definition) is 2. The van der Waals surface area contributed by atoms with Gasteiger partial charge in [-0.1, -0.05) is 48.6 Å². The molecule has 1 rings (SSSR count). The van der Waals surface area contributed by atoms with Crippen LogP contribution in [-0.4, -0.2) is 28.2 Å². The van der Waals surface area contributed by atoms with Gasteiger partial charge in [0.2, 0.25) is 0 Å². The summed E-state index contributed by atoms with van der Waals surface area (Å²) in [5.74, 6) is 0. The van der Waals surface area contributed by atoms with Crippen LogP contribution in [0.25, 0.3) is 6.08 Å². The molecular weight excluding hydrogens is 238 g/mol. The zero-order valence-electron chi connectivity index (χ0n) is 11.3. The maximum atomic E-state index is 5.69. The van der Waals surface area contributed by atoms with Gasteiger partial charge in [0.05, 0.1) is 6.61 Å². The summed E-state index contributed by atoms with van der Waals surface area (Å²) >= 11 is 0. The number of nitrogens with one attached hydrogen (secondary N) is 1. The van der Waals surface area contributed by atoms with Crippen LogP contribution in [0, 0.1) is 0 Å². The summed E-state index contributed by atoms with van der Waals surface area (Å²) in [6, 6.07) is 10.5. The van der Waals surface area contributed by atoms with Crippen LogP contribution in [0.15, 0.2) is 49.1 Å². The van der Waals surface area contributed by atoms with Crippen LogP contribution < -0.4 is 5.32 Å². The first-order chi connectivity index (χ1) is 8.72. The van der Waals surface area contributed by atoms with Crippen molar-refractivity contribution in [2.75, 3.05) is 13.2 Å². The lowest BCUT2D eigenvalue weighted by atomic mass is 10.2. The molecule has 0 fully saturated rings. The Balaban J connectivity index is 2.27. The standard InChI is InChI=1S/C15H23NOSi/c1-4-15(13-17-18(2)3)16-12-8-11-14-9-6-5-7-10-14/h4-11,15-16,18H,1,12-13H2,2-3H3/b11-8+. The molecule has 0 aliphatic rings. The van der Waals surface area contributed by atoms with Crippen molar-refractivity contribution in [2.24, 2.45) is 0 Å². The van der Waals surface area contributed by atoms with Gasteiger partial charge in [-0.15, -0.1) is 6.58 Å². The van der Waals surface area contributed by atoms with Crippen molar-refractivity contribution in [3.8, 4) is 0 Å². The van der Waals surface area contributed by atoms with E-state index in [1.807, 2.05) is 24.3 Å². The summed E-state index contributed by atoms with van der Waals surface area (Å²) < 4.78 is 5.69. The Labute approximate surface area is 112 Å². The summed E-state index contributed by atoms with van der Waals surface area (Å²) in [4.78, 5) is 0. The van der Waals surface area contributed by atoms with Gasteiger partial charge in [0, 0.05) is 12.6 Å². The third-order valence-electron chi connectivity index (χ3n) is 2.50. The van der Waals surface area contributed by atoms with E-state index in [0.29, 0.717) is 0 Å². The van der Waals surface area contributed by atoms with E-state index in [9.17, 15) is 0 Å². The monoisotopic (exact) mass is 261 g/mol. The minimum absolute atomic E-state index is 0.236. The minimum atomic E-state index is -0.937. The van der Waals surface area contributed by atoms with Crippen molar-refractivity contribution >= 4 is 15.1 Å². The molecule has 0 bridgehead atoms. The fourth-order valence-corrected chi connectivity index (χ4v) is 2.08. The molecule has 0 saturated heterocycles. The highest BCUT2D eigenvalue weighted by atomic mass is 28.3. The van der Waals surface area contributed by atoms with Crippen LogP contribution in [0.3, 0.4) is 0 Å². The highest BCUT2D eigenvalue weighted by molar-refractivity contribution is 6.48. The second-order valence-electron chi connectivity index (χ2n) is 4.45. The van der Waals surface area contributed by atoms with E-state index in [0.717, 1.165) is 13.2 Å². The van der Waals surface area contributed by atoms with Crippen molar-refractivity contribution < 1.29 is 4.43 Å². The van der Waals surface area contributed by atoms with Crippen molar-refractivity contribution in [1.29, 1.82) is 0 Å². The Bertz CT molecular complexity index is 362. The normalized spacial score (nSPS) is 13.1. The van der Waals surface area contributed by atoms with Crippen LogP contribution in [0.2, 0.25) is 13.1 Å². The Morgan fingerprint density at radius 1 is 1.33 bits per heavy atom. The van der Waals surface area contributed by atoms with Crippen molar-refractivity contribution in [3.63, 3.8) is 0 Å². The molecule has 0 heterocycles. The first kappa shape index (κ1) is 14.9. The van der Waals surface area contributed by atoms with Crippen molar-refractivity contribution in [2.45, 2.75) is 19.1 Å². The maximum absolute atomic E-state index is 5.69. The Kier molecular flexibility index (Phi) is 7.33. The average Bonchev–Trinajstić information content (AvgIpc) is 2.39. The molecule has 1 aromatic rings. The highest BCUT2D eigenvalue weighted by Crippen LogP contribution is 2.00. The van der Waals surface area contributed by atoms with E-state index < -0.39 is 9.04 Å². The van der Waals surface area contributed by atoms with E-state index in [-0.39, 0.29) is 6.04 Å². The minimum Gasteiger partial charge on any atom is -0.419 e. The van der Waals surface area contributed by atoms with Gasteiger partial charge in [0.1, 0.15) is 0 Å². The van der Waals surface area contributed by atoms with E-state index in [1.165, 1.54) is 5.56 Å². The summed E-state index contributed by atoms with van der Waals surface area (Å²) in [5, 5.41) is 3.39. The third-order valence-corrected chi connectivity index (χ3v) is 3.36. The van der Waals surface area contributed by atoms with Gasteiger partial charge in [-0.3, -0.25) is 0 Å². The van der Waals surface area contributed by atoms with E-state index in [2.05, 4.69) is 49.3 Å². The second-order valence-corrected chi connectivity index (χ2v) is 6.88. The number of rotatable bonds is 8. The molecule has 0 aliphatic carbocycles. The van der Waals surface area contributed by atoms with E-state index in [4.69, 9.17) is 4.43 Å². The van der Waals surface area contributed by atoms with Crippen LogP contribution >= 0.6 is 0 Å². The zero-order valence-corrected chi connectivity index (χ0v) is 12.5. The van der Waals surface area contributed by atoms with Gasteiger partial charge in [0.15, 0.2) is 9.04 Å². The summed E-state index contributed by atoms with van der Waals surface area (Å²) in [6.45, 7) is 9.73. The number of hydrogen-bond donors (Lipinski definition) is 1. The maximum Gasteiger partial charge on any atom is 0.170 e. The molecule has 0 amide bonds. The largest absolute Gasteiger partial charge is 0.419 e. The fourth-order valence-electron chi connectivity index (χ4n) is 1.48. The SMILES string of the molecule is C=CC(CO[SiH](C)C)NC/C=C/c1ccccc1. The molecule has 1 aromatic carbocycles. The van der Waals surface area contributed by atoms with Gasteiger partial charge in [0.25, 0.3) is 0 Å². The van der Waals surface area contributed by atoms with Gasteiger partial charge >= 0.3 is 0 Å². The van der Waals surface area contributed by atoms with Crippen LogP contribution in [0.5, 0.6) is 0 Å². The summed E-state index contributed by atoms with van der Waals surface area (Å²) in [5.41, 5.74) is 1.22. The smallest absolute Gasteiger partial charge is 0.170 e. The highest BCUT2D eigenvalue weighted by Gasteiger charge is 2.03. The van der Waals surface area contributed by atoms with Crippen molar-refractivity contribution in [1.82, 2.24) is 5.32 Å². The first-order valence-corrected chi connectivity index (χ1v) is 9.19. The zero-order chi connectivity index (χ0) is 13.2.